The summed E-state index contributed by atoms with van der Waals surface area (Å²) in [7, 11) is 0. The molecule has 0 bridgehead atoms. The summed E-state index contributed by atoms with van der Waals surface area (Å²) in [5.74, 6) is 0. The zero-order valence-corrected chi connectivity index (χ0v) is 6.75. The Hall–Kier alpha value is -1.24. The summed E-state index contributed by atoms with van der Waals surface area (Å²) in [5, 5.41) is 0. The number of nitrogens with two attached hydrogens (primary N) is 1. The summed E-state index contributed by atoms with van der Waals surface area (Å²) < 4.78 is 0. The molecular weight excluding hydrogens is 134 g/mol. The fourth-order valence-electron chi connectivity index (χ4n) is 0.934. The van der Waals surface area contributed by atoms with Crippen LogP contribution in [0, 0.1) is 0 Å². The Morgan fingerprint density at radius 3 is 2.55 bits per heavy atom. The largest absolute Gasteiger partial charge is 0.402 e. The smallest absolute Gasteiger partial charge is 0.0117 e. The van der Waals surface area contributed by atoms with E-state index in [1.807, 2.05) is 31.2 Å². The van der Waals surface area contributed by atoms with E-state index in [1.165, 1.54) is 5.56 Å². The lowest BCUT2D eigenvalue weighted by Gasteiger charge is -1.99. The van der Waals surface area contributed by atoms with Crippen LogP contribution in [-0.2, 0) is 6.42 Å². The minimum Gasteiger partial charge on any atom is -0.402 e. The van der Waals surface area contributed by atoms with Crippen molar-refractivity contribution in [2.75, 3.05) is 0 Å². The van der Waals surface area contributed by atoms with Gasteiger partial charge in [-0.05, 0) is 12.5 Å². The predicted molar refractivity (Wildman–Crippen MR) is 48.1 cm³/mol. The highest BCUT2D eigenvalue weighted by Gasteiger charge is 1.90. The summed E-state index contributed by atoms with van der Waals surface area (Å²) in [6.07, 6.45) is 2.80. The minimum atomic E-state index is 0.858. The Morgan fingerprint density at radius 1 is 1.36 bits per heavy atom. The lowest BCUT2D eigenvalue weighted by atomic mass is 10.1. The third-order valence-corrected chi connectivity index (χ3v) is 1.62. The van der Waals surface area contributed by atoms with Crippen LogP contribution in [0.5, 0.6) is 0 Å². The zero-order chi connectivity index (χ0) is 8.10. The summed E-state index contributed by atoms with van der Waals surface area (Å²) in [6.45, 7) is 1.96. The summed E-state index contributed by atoms with van der Waals surface area (Å²) >= 11 is 0. The summed E-state index contributed by atoms with van der Waals surface area (Å²) in [4.78, 5) is 0. The van der Waals surface area contributed by atoms with E-state index < -0.39 is 0 Å². The molecule has 1 rings (SSSR count). The summed E-state index contributed by atoms with van der Waals surface area (Å²) in [5.41, 5.74) is 7.86. The van der Waals surface area contributed by atoms with Gasteiger partial charge in [0, 0.05) is 12.1 Å². The first-order valence-electron chi connectivity index (χ1n) is 3.77. The molecule has 11 heavy (non-hydrogen) atoms. The van der Waals surface area contributed by atoms with Gasteiger partial charge >= 0.3 is 0 Å². The molecule has 1 aromatic rings. The van der Waals surface area contributed by atoms with Crippen molar-refractivity contribution in [2.24, 2.45) is 5.73 Å². The number of rotatable bonds is 2. The monoisotopic (exact) mass is 147 g/mol. The van der Waals surface area contributed by atoms with E-state index in [9.17, 15) is 0 Å². The van der Waals surface area contributed by atoms with Gasteiger partial charge in [-0.2, -0.15) is 0 Å². The normalized spacial score (nSPS) is 11.5. The molecule has 0 radical (unpaired) electrons. The Bertz CT molecular complexity index is 236. The van der Waals surface area contributed by atoms with Gasteiger partial charge in [-0.15, -0.1) is 0 Å². The number of allylic oxidation sites excluding steroid dienone is 2. The highest BCUT2D eigenvalue weighted by atomic mass is 14.6. The van der Waals surface area contributed by atoms with Crippen LogP contribution in [0.15, 0.2) is 42.1 Å². The van der Waals surface area contributed by atoms with Crippen molar-refractivity contribution >= 4 is 0 Å². The molecule has 0 aromatic heterocycles. The molecule has 0 aliphatic carbocycles. The lowest BCUT2D eigenvalue weighted by molar-refractivity contribution is 1.10. The van der Waals surface area contributed by atoms with Gasteiger partial charge in [0.15, 0.2) is 0 Å². The molecule has 1 heteroatoms. The molecule has 0 unspecified atom stereocenters. The van der Waals surface area contributed by atoms with Gasteiger partial charge in [0.1, 0.15) is 0 Å². The molecule has 0 atom stereocenters. The molecule has 58 valence electrons. The van der Waals surface area contributed by atoms with Crippen molar-refractivity contribution in [3.8, 4) is 0 Å². The molecule has 0 saturated carbocycles. The average Bonchev–Trinajstić information content (AvgIpc) is 2.06. The average molecular weight is 147 g/mol. The highest BCUT2D eigenvalue weighted by molar-refractivity contribution is 5.20. The van der Waals surface area contributed by atoms with Crippen molar-refractivity contribution in [3.05, 3.63) is 47.7 Å². The first-order chi connectivity index (χ1) is 5.33. The second-order valence-electron chi connectivity index (χ2n) is 2.53. The third-order valence-electron chi connectivity index (χ3n) is 1.62. The standard InChI is InChI=1S/C10H13N/c1-2-10(11)8-9-6-4-3-5-7-9/h2-7H,8,11H2,1H3. The molecule has 0 heterocycles. The van der Waals surface area contributed by atoms with Gasteiger partial charge in [0.25, 0.3) is 0 Å². The van der Waals surface area contributed by atoms with E-state index in [4.69, 9.17) is 5.73 Å². The zero-order valence-electron chi connectivity index (χ0n) is 6.75. The summed E-state index contributed by atoms with van der Waals surface area (Å²) in [6, 6.07) is 10.2. The van der Waals surface area contributed by atoms with Gasteiger partial charge in [0.05, 0.1) is 0 Å². The predicted octanol–water partition coefficient (Wildman–Crippen LogP) is 2.09. The van der Waals surface area contributed by atoms with Crippen LogP contribution in [0.3, 0.4) is 0 Å². The molecular formula is C10H13N. The second-order valence-corrected chi connectivity index (χ2v) is 2.53. The second kappa shape index (κ2) is 3.81. The fraction of sp³-hybridized carbons (Fsp3) is 0.200. The Labute approximate surface area is 67.5 Å². The maximum Gasteiger partial charge on any atom is 0.0117 e. The van der Waals surface area contributed by atoms with E-state index in [1.54, 1.807) is 0 Å². The van der Waals surface area contributed by atoms with Crippen LogP contribution in [0.1, 0.15) is 12.5 Å². The van der Waals surface area contributed by atoms with Gasteiger partial charge < -0.3 is 5.73 Å². The Kier molecular flexibility index (Phi) is 2.73. The van der Waals surface area contributed by atoms with Gasteiger partial charge in [-0.1, -0.05) is 36.4 Å². The number of benzene rings is 1. The van der Waals surface area contributed by atoms with Crippen molar-refractivity contribution < 1.29 is 0 Å². The first kappa shape index (κ1) is 7.86. The molecule has 2 N–H and O–H groups in total. The van der Waals surface area contributed by atoms with Crippen molar-refractivity contribution in [1.82, 2.24) is 0 Å². The first-order valence-corrected chi connectivity index (χ1v) is 3.77. The van der Waals surface area contributed by atoms with Crippen LogP contribution < -0.4 is 5.73 Å². The number of hydrogen-bond acceptors (Lipinski definition) is 1. The van der Waals surface area contributed by atoms with E-state index >= 15 is 0 Å². The van der Waals surface area contributed by atoms with Crippen molar-refractivity contribution in [1.29, 1.82) is 0 Å². The topological polar surface area (TPSA) is 26.0 Å². The van der Waals surface area contributed by atoms with E-state index in [0.29, 0.717) is 0 Å². The van der Waals surface area contributed by atoms with Crippen LogP contribution in [0.4, 0.5) is 0 Å². The van der Waals surface area contributed by atoms with Gasteiger partial charge in [-0.3, -0.25) is 0 Å². The van der Waals surface area contributed by atoms with Crippen LogP contribution >= 0.6 is 0 Å². The fourth-order valence-corrected chi connectivity index (χ4v) is 0.934. The van der Waals surface area contributed by atoms with Crippen LogP contribution in [0.2, 0.25) is 0 Å². The highest BCUT2D eigenvalue weighted by Crippen LogP contribution is 2.02. The maximum absolute atomic E-state index is 5.67. The minimum absolute atomic E-state index is 0.858. The maximum atomic E-state index is 5.67. The molecule has 0 amide bonds. The molecule has 1 aromatic carbocycles. The Balaban J connectivity index is 2.65. The molecule has 0 fully saturated rings. The van der Waals surface area contributed by atoms with E-state index in [2.05, 4.69) is 12.1 Å². The lowest BCUT2D eigenvalue weighted by Crippen LogP contribution is -1.99. The molecule has 1 nitrogen and oxygen atoms in total. The Morgan fingerprint density at radius 2 is 2.00 bits per heavy atom. The molecule has 0 aliphatic rings. The SMILES string of the molecule is CC=C(N)Cc1ccccc1. The van der Waals surface area contributed by atoms with E-state index in [-0.39, 0.29) is 0 Å². The van der Waals surface area contributed by atoms with Crippen LogP contribution in [-0.4, -0.2) is 0 Å². The quantitative estimate of drug-likeness (QED) is 0.681. The van der Waals surface area contributed by atoms with Crippen molar-refractivity contribution in [2.45, 2.75) is 13.3 Å². The number of hydrogen-bond donors (Lipinski definition) is 1. The molecule has 0 saturated heterocycles. The molecule has 0 spiro atoms. The van der Waals surface area contributed by atoms with Gasteiger partial charge in [0.2, 0.25) is 0 Å². The van der Waals surface area contributed by atoms with E-state index in [0.717, 1.165) is 12.1 Å². The van der Waals surface area contributed by atoms with Crippen LogP contribution in [0.25, 0.3) is 0 Å². The van der Waals surface area contributed by atoms with Gasteiger partial charge in [-0.25, -0.2) is 0 Å². The third kappa shape index (κ3) is 2.46. The molecule has 0 aliphatic heterocycles. The van der Waals surface area contributed by atoms with Crippen molar-refractivity contribution in [3.63, 3.8) is 0 Å².